The molecule has 1 N–H and O–H groups in total. The van der Waals surface area contributed by atoms with E-state index >= 15 is 0 Å². The molecule has 0 fully saturated rings. The van der Waals surface area contributed by atoms with E-state index in [1.54, 1.807) is 11.9 Å². The van der Waals surface area contributed by atoms with Gasteiger partial charge in [-0.2, -0.15) is 0 Å². The first kappa shape index (κ1) is 13.1. The number of rotatable bonds is 6. The Labute approximate surface area is 100 Å². The van der Waals surface area contributed by atoms with E-state index in [9.17, 15) is 4.79 Å². The van der Waals surface area contributed by atoms with Crippen LogP contribution in [-0.4, -0.2) is 47.6 Å². The summed E-state index contributed by atoms with van der Waals surface area (Å²) in [5.41, 5.74) is 0.828. The van der Waals surface area contributed by atoms with E-state index in [1.807, 2.05) is 7.05 Å². The fraction of sp³-hybridized carbons (Fsp3) is 0.700. The molecule has 1 rings (SSSR count). The molecule has 0 atom stereocenters. The van der Waals surface area contributed by atoms with Crippen molar-refractivity contribution in [2.75, 3.05) is 27.2 Å². The van der Waals surface area contributed by atoms with Crippen LogP contribution in [0.15, 0.2) is 0 Å². The summed E-state index contributed by atoms with van der Waals surface area (Å²) in [4.78, 5) is 14.4. The van der Waals surface area contributed by atoms with Gasteiger partial charge in [0, 0.05) is 20.1 Å². The van der Waals surface area contributed by atoms with Crippen LogP contribution in [0.1, 0.15) is 28.7 Å². The minimum Gasteiger partial charge on any atom is -0.340 e. The van der Waals surface area contributed by atoms with Gasteiger partial charge in [0.2, 0.25) is 0 Å². The fourth-order valence-electron chi connectivity index (χ4n) is 1.33. The van der Waals surface area contributed by atoms with E-state index in [-0.39, 0.29) is 5.91 Å². The molecule has 0 saturated carbocycles. The van der Waals surface area contributed by atoms with E-state index in [4.69, 9.17) is 0 Å². The van der Waals surface area contributed by atoms with Crippen LogP contribution in [0.2, 0.25) is 0 Å². The van der Waals surface area contributed by atoms with Gasteiger partial charge in [0.15, 0.2) is 0 Å². The third-order valence-corrected chi connectivity index (χ3v) is 3.04. The first-order chi connectivity index (χ1) is 7.70. The lowest BCUT2D eigenvalue weighted by Crippen LogP contribution is -2.32. The third-order valence-electron chi connectivity index (χ3n) is 2.28. The minimum absolute atomic E-state index is 0.0219. The average Bonchev–Trinajstić information content (AvgIpc) is 2.73. The Morgan fingerprint density at radius 3 is 2.94 bits per heavy atom. The minimum atomic E-state index is 0.0219. The number of hydrogen-bond acceptors (Lipinski definition) is 5. The Kier molecular flexibility index (Phi) is 5.34. The van der Waals surface area contributed by atoms with Crippen molar-refractivity contribution in [3.8, 4) is 0 Å². The third kappa shape index (κ3) is 3.24. The van der Waals surface area contributed by atoms with Crippen molar-refractivity contribution >= 4 is 17.4 Å². The molecule has 1 aromatic rings. The molecule has 16 heavy (non-hydrogen) atoms. The SMILES string of the molecule is CCCc1nnsc1C(=O)N(C)CCNC. The summed E-state index contributed by atoms with van der Waals surface area (Å²) < 4.78 is 3.85. The highest BCUT2D eigenvalue weighted by Crippen LogP contribution is 2.14. The summed E-state index contributed by atoms with van der Waals surface area (Å²) >= 11 is 1.19. The number of nitrogens with zero attached hydrogens (tertiary/aromatic N) is 3. The van der Waals surface area contributed by atoms with Crippen molar-refractivity contribution in [2.24, 2.45) is 0 Å². The van der Waals surface area contributed by atoms with Gasteiger partial charge in [0.1, 0.15) is 4.88 Å². The highest BCUT2D eigenvalue weighted by atomic mass is 32.1. The lowest BCUT2D eigenvalue weighted by Gasteiger charge is -2.15. The topological polar surface area (TPSA) is 58.1 Å². The Balaban J connectivity index is 2.67. The molecule has 0 saturated heterocycles. The zero-order valence-corrected chi connectivity index (χ0v) is 10.8. The van der Waals surface area contributed by atoms with Crippen LogP contribution < -0.4 is 5.32 Å². The van der Waals surface area contributed by atoms with Gasteiger partial charge in [0.05, 0.1) is 5.69 Å². The molecule has 0 aliphatic heterocycles. The van der Waals surface area contributed by atoms with Gasteiger partial charge < -0.3 is 10.2 Å². The van der Waals surface area contributed by atoms with Crippen molar-refractivity contribution in [2.45, 2.75) is 19.8 Å². The number of aryl methyl sites for hydroxylation is 1. The summed E-state index contributed by atoms with van der Waals surface area (Å²) in [5, 5.41) is 7.01. The molecule has 0 bridgehead atoms. The second kappa shape index (κ2) is 6.55. The molecule has 5 nitrogen and oxygen atoms in total. The van der Waals surface area contributed by atoms with Gasteiger partial charge in [-0.05, 0) is 25.0 Å². The maximum Gasteiger partial charge on any atom is 0.267 e. The van der Waals surface area contributed by atoms with Crippen LogP contribution >= 0.6 is 11.5 Å². The van der Waals surface area contributed by atoms with E-state index in [0.29, 0.717) is 11.4 Å². The van der Waals surface area contributed by atoms with Crippen molar-refractivity contribution in [1.29, 1.82) is 0 Å². The standard InChI is InChI=1S/C10H18N4OS/c1-4-5-8-9(16-13-12-8)10(15)14(3)7-6-11-2/h11H,4-7H2,1-3H3. The number of carbonyl (C=O) groups is 1. The number of carbonyl (C=O) groups excluding carboxylic acids is 1. The monoisotopic (exact) mass is 242 g/mol. The molecule has 1 heterocycles. The first-order valence-electron chi connectivity index (χ1n) is 5.42. The van der Waals surface area contributed by atoms with Gasteiger partial charge in [-0.1, -0.05) is 17.8 Å². The Bertz CT molecular complexity index is 339. The first-order valence-corrected chi connectivity index (χ1v) is 6.19. The average molecular weight is 242 g/mol. The van der Waals surface area contributed by atoms with Crippen LogP contribution in [0.4, 0.5) is 0 Å². The fourth-order valence-corrected chi connectivity index (χ4v) is 2.03. The lowest BCUT2D eigenvalue weighted by molar-refractivity contribution is 0.0800. The normalized spacial score (nSPS) is 10.4. The molecule has 90 valence electrons. The van der Waals surface area contributed by atoms with Crippen LogP contribution in [-0.2, 0) is 6.42 Å². The maximum atomic E-state index is 12.0. The Morgan fingerprint density at radius 2 is 2.31 bits per heavy atom. The second-order valence-electron chi connectivity index (χ2n) is 3.63. The second-order valence-corrected chi connectivity index (χ2v) is 4.38. The zero-order valence-electron chi connectivity index (χ0n) is 9.99. The molecule has 0 radical (unpaired) electrons. The predicted molar refractivity (Wildman–Crippen MR) is 64.8 cm³/mol. The van der Waals surface area contributed by atoms with E-state index in [2.05, 4.69) is 21.8 Å². The van der Waals surface area contributed by atoms with Crippen LogP contribution in [0.25, 0.3) is 0 Å². The molecule has 1 aromatic heterocycles. The largest absolute Gasteiger partial charge is 0.340 e. The summed E-state index contributed by atoms with van der Waals surface area (Å²) in [6.07, 6.45) is 1.80. The van der Waals surface area contributed by atoms with E-state index < -0.39 is 0 Å². The van der Waals surface area contributed by atoms with Crippen molar-refractivity contribution in [1.82, 2.24) is 19.8 Å². The molecule has 0 aromatic carbocycles. The van der Waals surface area contributed by atoms with Crippen molar-refractivity contribution in [3.05, 3.63) is 10.6 Å². The molecule has 6 heteroatoms. The van der Waals surface area contributed by atoms with E-state index in [0.717, 1.165) is 25.1 Å². The maximum absolute atomic E-state index is 12.0. The van der Waals surface area contributed by atoms with Crippen molar-refractivity contribution < 1.29 is 4.79 Å². The molecule has 0 spiro atoms. The van der Waals surface area contributed by atoms with Gasteiger partial charge in [-0.15, -0.1) is 5.10 Å². The summed E-state index contributed by atoms with van der Waals surface area (Å²) in [5.74, 6) is 0.0219. The zero-order chi connectivity index (χ0) is 12.0. The quantitative estimate of drug-likeness (QED) is 0.801. The highest BCUT2D eigenvalue weighted by Gasteiger charge is 2.18. The smallest absolute Gasteiger partial charge is 0.267 e. The van der Waals surface area contributed by atoms with Gasteiger partial charge in [-0.25, -0.2) is 0 Å². The molecule has 0 aliphatic carbocycles. The Morgan fingerprint density at radius 1 is 1.56 bits per heavy atom. The van der Waals surface area contributed by atoms with Gasteiger partial charge in [-0.3, -0.25) is 4.79 Å². The predicted octanol–water partition coefficient (Wildman–Crippen LogP) is 0.782. The van der Waals surface area contributed by atoms with Gasteiger partial charge >= 0.3 is 0 Å². The van der Waals surface area contributed by atoms with Crippen LogP contribution in [0, 0.1) is 0 Å². The highest BCUT2D eigenvalue weighted by molar-refractivity contribution is 7.07. The molecular formula is C10H18N4OS. The summed E-state index contributed by atoms with van der Waals surface area (Å²) in [6.45, 7) is 3.55. The van der Waals surface area contributed by atoms with E-state index in [1.165, 1.54) is 11.5 Å². The number of aromatic nitrogens is 2. The molecule has 0 aliphatic rings. The number of amides is 1. The molecular weight excluding hydrogens is 224 g/mol. The molecule has 0 unspecified atom stereocenters. The summed E-state index contributed by atoms with van der Waals surface area (Å²) in [6, 6.07) is 0. The number of nitrogens with one attached hydrogen (secondary N) is 1. The van der Waals surface area contributed by atoms with Crippen molar-refractivity contribution in [3.63, 3.8) is 0 Å². The van der Waals surface area contributed by atoms with Gasteiger partial charge in [0.25, 0.3) is 5.91 Å². The number of hydrogen-bond donors (Lipinski definition) is 1. The molecule has 1 amide bonds. The lowest BCUT2D eigenvalue weighted by atomic mass is 10.2. The summed E-state index contributed by atoms with van der Waals surface area (Å²) in [7, 11) is 3.67. The van der Waals surface area contributed by atoms with Crippen LogP contribution in [0.3, 0.4) is 0 Å². The Hall–Kier alpha value is -1.01. The number of likely N-dealkylation sites (N-methyl/N-ethyl adjacent to an activating group) is 2. The van der Waals surface area contributed by atoms with Crippen LogP contribution in [0.5, 0.6) is 0 Å².